The number of rotatable bonds is 7. The van der Waals surface area contributed by atoms with Crippen molar-refractivity contribution in [1.29, 1.82) is 0 Å². The Bertz CT molecular complexity index is 1290. The van der Waals surface area contributed by atoms with Gasteiger partial charge in [0.05, 0.1) is 30.4 Å². The number of thiophene rings is 1. The molecular formula is C20H19ClN4O4S2. The summed E-state index contributed by atoms with van der Waals surface area (Å²) in [5.74, 6) is 0. The third-order valence-corrected chi connectivity index (χ3v) is 7.08. The first-order valence-electron chi connectivity index (χ1n) is 9.01. The molecule has 3 aromatic rings. The Hall–Kier alpha value is -2.95. The number of nitro groups is 1. The van der Waals surface area contributed by atoms with Gasteiger partial charge in [-0.15, -0.1) is 11.3 Å². The lowest BCUT2D eigenvalue weighted by molar-refractivity contribution is -0.384. The third kappa shape index (κ3) is 5.40. The largest absolute Gasteiger partial charge is 0.295 e. The van der Waals surface area contributed by atoms with Crippen LogP contribution in [0, 0.1) is 24.0 Å². The van der Waals surface area contributed by atoms with Gasteiger partial charge in [-0.2, -0.15) is 5.10 Å². The summed E-state index contributed by atoms with van der Waals surface area (Å²) in [6.07, 6.45) is 0. The molecule has 0 bridgehead atoms. The van der Waals surface area contributed by atoms with Crippen LogP contribution in [0.5, 0.6) is 0 Å². The van der Waals surface area contributed by atoms with Crippen LogP contribution in [0.4, 0.5) is 17.1 Å². The van der Waals surface area contributed by atoms with Gasteiger partial charge in [-0.1, -0.05) is 29.3 Å². The molecule has 0 spiro atoms. The second kappa shape index (κ2) is 9.04. The van der Waals surface area contributed by atoms with E-state index in [1.165, 1.54) is 23.5 Å². The van der Waals surface area contributed by atoms with Crippen molar-refractivity contribution in [1.82, 2.24) is 0 Å². The van der Waals surface area contributed by atoms with Crippen molar-refractivity contribution in [3.63, 3.8) is 0 Å². The number of sulfonamides is 1. The fraction of sp³-hybridized carbons (Fsp3) is 0.150. The molecule has 0 fully saturated rings. The molecule has 8 nitrogen and oxygen atoms in total. The summed E-state index contributed by atoms with van der Waals surface area (Å²) in [5.41, 5.74) is 5.02. The molecule has 0 aliphatic rings. The van der Waals surface area contributed by atoms with Crippen molar-refractivity contribution in [3.05, 3.63) is 79.0 Å². The van der Waals surface area contributed by atoms with E-state index in [1.807, 2.05) is 13.0 Å². The number of benzene rings is 2. The number of halogens is 1. The van der Waals surface area contributed by atoms with Crippen LogP contribution in [0.3, 0.4) is 0 Å². The minimum absolute atomic E-state index is 0.0671. The monoisotopic (exact) mass is 478 g/mol. The van der Waals surface area contributed by atoms with Crippen molar-refractivity contribution in [2.24, 2.45) is 5.10 Å². The second-order valence-electron chi connectivity index (χ2n) is 6.77. The molecule has 0 atom stereocenters. The zero-order valence-corrected chi connectivity index (χ0v) is 19.2. The molecule has 2 N–H and O–H groups in total. The molecule has 0 amide bonds. The van der Waals surface area contributed by atoms with Gasteiger partial charge in [0.1, 0.15) is 5.69 Å². The lowest BCUT2D eigenvalue weighted by Crippen LogP contribution is -2.14. The van der Waals surface area contributed by atoms with Crippen LogP contribution in [0.1, 0.15) is 22.9 Å². The number of nitrogens with one attached hydrogen (secondary N) is 2. The molecule has 0 unspecified atom stereocenters. The van der Waals surface area contributed by atoms with Crippen molar-refractivity contribution in [2.75, 3.05) is 10.1 Å². The normalized spacial score (nSPS) is 11.9. The van der Waals surface area contributed by atoms with Gasteiger partial charge in [0.2, 0.25) is 0 Å². The van der Waals surface area contributed by atoms with E-state index in [4.69, 9.17) is 11.6 Å². The predicted octanol–water partition coefficient (Wildman–Crippen LogP) is 5.56. The van der Waals surface area contributed by atoms with E-state index >= 15 is 0 Å². The average Bonchev–Trinajstić information content (AvgIpc) is 3.14. The SMILES string of the molecule is CC(=NNc1ccc(S(=O)(=O)Nc2ccc(C)cc2C)cc1[N+](=O)[O-])c1ccc(Cl)s1. The van der Waals surface area contributed by atoms with Gasteiger partial charge in [-0.3, -0.25) is 20.3 Å². The van der Waals surface area contributed by atoms with Crippen molar-refractivity contribution in [3.8, 4) is 0 Å². The zero-order chi connectivity index (χ0) is 22.8. The van der Waals surface area contributed by atoms with Crippen LogP contribution < -0.4 is 10.1 Å². The van der Waals surface area contributed by atoms with Gasteiger partial charge in [0.15, 0.2) is 0 Å². The quantitative estimate of drug-likeness (QED) is 0.262. The topological polar surface area (TPSA) is 114 Å². The maximum Gasteiger partial charge on any atom is 0.295 e. The average molecular weight is 479 g/mol. The van der Waals surface area contributed by atoms with E-state index in [0.29, 0.717) is 15.7 Å². The molecular weight excluding hydrogens is 460 g/mol. The molecule has 162 valence electrons. The van der Waals surface area contributed by atoms with E-state index in [-0.39, 0.29) is 10.6 Å². The van der Waals surface area contributed by atoms with Crippen molar-refractivity contribution < 1.29 is 13.3 Å². The molecule has 11 heteroatoms. The highest BCUT2D eigenvalue weighted by molar-refractivity contribution is 7.92. The molecule has 1 aromatic heterocycles. The minimum atomic E-state index is -4.02. The Labute approximate surface area is 188 Å². The van der Waals surface area contributed by atoms with Crippen LogP contribution >= 0.6 is 22.9 Å². The van der Waals surface area contributed by atoms with Crippen LogP contribution in [0.25, 0.3) is 0 Å². The number of nitro benzene ring substituents is 1. The van der Waals surface area contributed by atoms with Crippen molar-refractivity contribution in [2.45, 2.75) is 25.7 Å². The number of hydrogen-bond donors (Lipinski definition) is 2. The molecule has 0 radical (unpaired) electrons. The van der Waals surface area contributed by atoms with E-state index < -0.39 is 20.6 Å². The fourth-order valence-corrected chi connectivity index (χ4v) is 4.90. The molecule has 0 aliphatic heterocycles. The summed E-state index contributed by atoms with van der Waals surface area (Å²) in [4.78, 5) is 11.5. The first-order chi connectivity index (χ1) is 14.6. The molecule has 0 aliphatic carbocycles. The highest BCUT2D eigenvalue weighted by Gasteiger charge is 2.22. The van der Waals surface area contributed by atoms with Gasteiger partial charge in [-0.25, -0.2) is 8.42 Å². The maximum absolute atomic E-state index is 12.8. The summed E-state index contributed by atoms with van der Waals surface area (Å²) in [5, 5.41) is 15.7. The summed E-state index contributed by atoms with van der Waals surface area (Å²) in [6.45, 7) is 5.41. The molecule has 2 aromatic carbocycles. The Morgan fingerprint density at radius 2 is 1.81 bits per heavy atom. The highest BCUT2D eigenvalue weighted by Crippen LogP contribution is 2.30. The predicted molar refractivity (Wildman–Crippen MR) is 125 cm³/mol. The van der Waals surface area contributed by atoms with Gasteiger partial charge in [0.25, 0.3) is 15.7 Å². The Balaban J connectivity index is 1.89. The Kier molecular flexibility index (Phi) is 6.63. The lowest BCUT2D eigenvalue weighted by Gasteiger charge is -2.12. The Morgan fingerprint density at radius 3 is 2.42 bits per heavy atom. The smallest absolute Gasteiger partial charge is 0.279 e. The maximum atomic E-state index is 12.8. The first-order valence-corrected chi connectivity index (χ1v) is 11.7. The molecule has 31 heavy (non-hydrogen) atoms. The van der Waals surface area contributed by atoms with Gasteiger partial charge < -0.3 is 0 Å². The molecule has 0 saturated heterocycles. The number of nitrogens with zero attached hydrogens (tertiary/aromatic N) is 2. The Morgan fingerprint density at radius 1 is 1.10 bits per heavy atom. The second-order valence-corrected chi connectivity index (χ2v) is 10.2. The van der Waals surface area contributed by atoms with E-state index in [0.717, 1.165) is 22.1 Å². The van der Waals surface area contributed by atoms with E-state index in [9.17, 15) is 18.5 Å². The molecule has 0 saturated carbocycles. The number of hydrogen-bond acceptors (Lipinski definition) is 7. The number of hydrazone groups is 1. The highest BCUT2D eigenvalue weighted by atomic mass is 35.5. The van der Waals surface area contributed by atoms with Gasteiger partial charge >= 0.3 is 0 Å². The summed E-state index contributed by atoms with van der Waals surface area (Å²) >= 11 is 7.24. The molecule has 3 rings (SSSR count). The van der Waals surface area contributed by atoms with Crippen LogP contribution in [-0.2, 0) is 10.0 Å². The van der Waals surface area contributed by atoms with Crippen molar-refractivity contribution >= 4 is 55.7 Å². The fourth-order valence-electron chi connectivity index (χ4n) is 2.76. The van der Waals surface area contributed by atoms with Crippen LogP contribution in [0.15, 0.2) is 58.5 Å². The summed E-state index contributed by atoms with van der Waals surface area (Å²) in [7, 11) is -4.02. The minimum Gasteiger partial charge on any atom is -0.279 e. The molecule has 1 heterocycles. The number of anilines is 2. The standard InChI is InChI=1S/C20H19ClN4O4S2/c1-12-4-6-16(13(2)10-12)24-31(28,29)15-5-7-17(18(11-15)25(26)27)23-22-14(3)19-8-9-20(21)30-19/h4-11,23-24H,1-3H3. The van der Waals surface area contributed by atoms with Crippen LogP contribution in [-0.4, -0.2) is 19.1 Å². The van der Waals surface area contributed by atoms with Gasteiger partial charge in [-0.05, 0) is 56.7 Å². The number of aryl methyl sites for hydroxylation is 2. The lowest BCUT2D eigenvalue weighted by atomic mass is 10.1. The summed E-state index contributed by atoms with van der Waals surface area (Å²) < 4.78 is 28.6. The summed E-state index contributed by atoms with van der Waals surface area (Å²) in [6, 6.07) is 12.4. The van der Waals surface area contributed by atoms with Gasteiger partial charge in [0, 0.05) is 6.07 Å². The van der Waals surface area contributed by atoms with E-state index in [1.54, 1.807) is 38.1 Å². The zero-order valence-electron chi connectivity index (χ0n) is 16.8. The third-order valence-electron chi connectivity index (χ3n) is 4.38. The van der Waals surface area contributed by atoms with E-state index in [2.05, 4.69) is 15.2 Å². The first kappa shape index (κ1) is 22.7. The van der Waals surface area contributed by atoms with Crippen LogP contribution in [0.2, 0.25) is 4.34 Å².